The lowest BCUT2D eigenvalue weighted by molar-refractivity contribution is -0.137. The van der Waals surface area contributed by atoms with Gasteiger partial charge in [-0.3, -0.25) is 24.7 Å². The Morgan fingerprint density at radius 3 is 2.91 bits per heavy atom. The summed E-state index contributed by atoms with van der Waals surface area (Å²) in [6.45, 7) is 5.49. The molecule has 5 heterocycles. The molecule has 0 radical (unpaired) electrons. The van der Waals surface area contributed by atoms with Gasteiger partial charge in [-0.25, -0.2) is 9.97 Å². The highest BCUT2D eigenvalue weighted by Crippen LogP contribution is 2.41. The highest BCUT2D eigenvalue weighted by Gasteiger charge is 2.39. The maximum Gasteiger partial charge on any atom is 0.243 e. The molecule has 0 aliphatic carbocycles. The molecule has 0 saturated carbocycles. The highest BCUT2D eigenvalue weighted by molar-refractivity contribution is 7.80. The second kappa shape index (κ2) is 9.13. The SMILES string of the molecule is Cc1csc2ncnc(C3=CCN(Cc4cccc5c4CN(C4CCC(=O)NC4=O)C5S)CC3)c12. The van der Waals surface area contributed by atoms with Crippen LogP contribution in [-0.4, -0.2) is 50.7 Å². The number of fused-ring (bicyclic) bond motifs is 2. The van der Waals surface area contributed by atoms with Crippen molar-refractivity contribution in [3.05, 3.63) is 63.9 Å². The van der Waals surface area contributed by atoms with Crippen LogP contribution in [0.4, 0.5) is 0 Å². The van der Waals surface area contributed by atoms with Crippen molar-refractivity contribution in [1.29, 1.82) is 0 Å². The Hall–Kier alpha value is -2.59. The van der Waals surface area contributed by atoms with Crippen molar-refractivity contribution in [2.75, 3.05) is 13.1 Å². The first kappa shape index (κ1) is 22.8. The third-order valence-corrected chi connectivity index (χ3v) is 8.98. The minimum atomic E-state index is -0.318. The average molecular weight is 506 g/mol. The minimum Gasteiger partial charge on any atom is -0.295 e. The number of imide groups is 1. The molecule has 9 heteroatoms. The number of benzene rings is 1. The monoisotopic (exact) mass is 505 g/mol. The highest BCUT2D eigenvalue weighted by atomic mass is 32.1. The van der Waals surface area contributed by atoms with Gasteiger partial charge >= 0.3 is 0 Å². The number of rotatable bonds is 4. The van der Waals surface area contributed by atoms with Crippen LogP contribution in [0.25, 0.3) is 15.8 Å². The number of piperidine rings is 1. The van der Waals surface area contributed by atoms with Crippen LogP contribution in [0, 0.1) is 6.92 Å². The number of nitrogens with zero attached hydrogens (tertiary/aromatic N) is 4. The Bertz CT molecular complexity index is 1370. The molecule has 180 valence electrons. The molecule has 3 aliphatic rings. The van der Waals surface area contributed by atoms with Crippen LogP contribution < -0.4 is 5.32 Å². The first-order valence-electron chi connectivity index (χ1n) is 12.0. The fourth-order valence-electron chi connectivity index (χ4n) is 5.54. The zero-order valence-corrected chi connectivity index (χ0v) is 21.2. The number of carbonyl (C=O) groups is 2. The summed E-state index contributed by atoms with van der Waals surface area (Å²) in [6, 6.07) is 6.07. The number of aromatic nitrogens is 2. The fraction of sp³-hybridized carbons (Fsp3) is 0.385. The van der Waals surface area contributed by atoms with Crippen LogP contribution in [0.1, 0.15) is 52.6 Å². The van der Waals surface area contributed by atoms with Crippen molar-refractivity contribution >= 4 is 51.6 Å². The Kier molecular flexibility index (Phi) is 5.96. The average Bonchev–Trinajstić information content (AvgIpc) is 3.40. The smallest absolute Gasteiger partial charge is 0.243 e. The number of amides is 2. The molecule has 3 aliphatic heterocycles. The van der Waals surface area contributed by atoms with Crippen LogP contribution in [0.15, 0.2) is 36.0 Å². The van der Waals surface area contributed by atoms with Crippen LogP contribution in [-0.2, 0) is 22.7 Å². The van der Waals surface area contributed by atoms with Gasteiger partial charge in [0.15, 0.2) is 0 Å². The number of aryl methyl sites for hydroxylation is 1. The summed E-state index contributed by atoms with van der Waals surface area (Å²) in [5, 5.41) is 5.69. The summed E-state index contributed by atoms with van der Waals surface area (Å²) >= 11 is 6.54. The summed E-state index contributed by atoms with van der Waals surface area (Å²) in [4.78, 5) is 38.8. The van der Waals surface area contributed by atoms with Gasteiger partial charge in [0.2, 0.25) is 11.8 Å². The second-order valence-corrected chi connectivity index (χ2v) is 10.9. The fourth-order valence-corrected chi connectivity index (χ4v) is 6.91. The van der Waals surface area contributed by atoms with E-state index in [4.69, 9.17) is 12.6 Å². The summed E-state index contributed by atoms with van der Waals surface area (Å²) in [5.41, 5.74) is 7.33. The summed E-state index contributed by atoms with van der Waals surface area (Å²) in [6.07, 6.45) is 5.86. The summed E-state index contributed by atoms with van der Waals surface area (Å²) in [5.74, 6) is -0.392. The third kappa shape index (κ3) is 4.10. The topological polar surface area (TPSA) is 78.4 Å². The van der Waals surface area contributed by atoms with E-state index >= 15 is 0 Å². The standard InChI is InChI=1S/C26H27N5O2S2/c1-15-13-35-25-22(15)23(27-14-28-25)16-7-9-30(10-8-16)11-17-3-2-4-18-19(17)12-31(26(18)34)20-5-6-21(32)29-24(20)33/h2-4,7,13-14,20,26,34H,5-6,8-12H2,1H3,(H,29,32,33). The number of carbonyl (C=O) groups excluding carboxylic acids is 2. The molecular formula is C26H27N5O2S2. The van der Waals surface area contributed by atoms with Gasteiger partial charge in [-0.2, -0.15) is 12.6 Å². The maximum atomic E-state index is 12.5. The van der Waals surface area contributed by atoms with Gasteiger partial charge < -0.3 is 0 Å². The van der Waals surface area contributed by atoms with Gasteiger partial charge in [0.1, 0.15) is 11.2 Å². The number of thiol groups is 1. The Morgan fingerprint density at radius 2 is 2.11 bits per heavy atom. The van der Waals surface area contributed by atoms with Crippen molar-refractivity contribution in [2.45, 2.75) is 50.7 Å². The van der Waals surface area contributed by atoms with Crippen molar-refractivity contribution in [3.8, 4) is 0 Å². The van der Waals surface area contributed by atoms with E-state index in [2.05, 4.69) is 61.7 Å². The van der Waals surface area contributed by atoms with Gasteiger partial charge in [0, 0.05) is 38.0 Å². The van der Waals surface area contributed by atoms with E-state index in [0.29, 0.717) is 19.4 Å². The predicted octanol–water partition coefficient (Wildman–Crippen LogP) is 3.84. The Labute approximate surface area is 213 Å². The van der Waals surface area contributed by atoms with Crippen LogP contribution >= 0.6 is 24.0 Å². The molecule has 2 unspecified atom stereocenters. The van der Waals surface area contributed by atoms with Crippen LogP contribution in [0.5, 0.6) is 0 Å². The third-order valence-electron chi connectivity index (χ3n) is 7.40. The van der Waals surface area contributed by atoms with Gasteiger partial charge in [-0.05, 0) is 53.0 Å². The van der Waals surface area contributed by atoms with Crippen LogP contribution in [0.2, 0.25) is 0 Å². The Balaban J connectivity index is 1.19. The lowest BCUT2D eigenvalue weighted by Crippen LogP contribution is -2.51. The van der Waals surface area contributed by atoms with E-state index in [1.54, 1.807) is 17.7 Å². The molecule has 6 rings (SSSR count). The number of thiophene rings is 1. The molecule has 1 fully saturated rings. The number of nitrogens with one attached hydrogen (secondary N) is 1. The summed E-state index contributed by atoms with van der Waals surface area (Å²) < 4.78 is 0. The van der Waals surface area contributed by atoms with E-state index < -0.39 is 0 Å². The molecule has 1 N–H and O–H groups in total. The molecular weight excluding hydrogens is 478 g/mol. The summed E-state index contributed by atoms with van der Waals surface area (Å²) in [7, 11) is 0. The number of hydrogen-bond donors (Lipinski definition) is 2. The number of hydrogen-bond acceptors (Lipinski definition) is 8. The maximum absolute atomic E-state index is 12.5. The minimum absolute atomic E-state index is 0.143. The first-order chi connectivity index (χ1) is 17.0. The molecule has 2 atom stereocenters. The molecule has 0 spiro atoms. The van der Waals surface area contributed by atoms with Crippen molar-refractivity contribution in [3.63, 3.8) is 0 Å². The molecule has 7 nitrogen and oxygen atoms in total. The zero-order chi connectivity index (χ0) is 24.1. The van der Waals surface area contributed by atoms with E-state index in [1.165, 1.54) is 33.2 Å². The van der Waals surface area contributed by atoms with Gasteiger partial charge in [0.25, 0.3) is 0 Å². The molecule has 2 amide bonds. The molecule has 3 aromatic rings. The van der Waals surface area contributed by atoms with Gasteiger partial charge in [0.05, 0.1) is 17.1 Å². The van der Waals surface area contributed by atoms with E-state index in [9.17, 15) is 9.59 Å². The van der Waals surface area contributed by atoms with Crippen molar-refractivity contribution in [2.24, 2.45) is 0 Å². The molecule has 1 aromatic carbocycles. The zero-order valence-electron chi connectivity index (χ0n) is 19.5. The van der Waals surface area contributed by atoms with Crippen molar-refractivity contribution < 1.29 is 9.59 Å². The van der Waals surface area contributed by atoms with Gasteiger partial charge in [-0.15, -0.1) is 11.3 Å². The second-order valence-electron chi connectivity index (χ2n) is 9.53. The molecule has 0 bridgehead atoms. The Morgan fingerprint density at radius 1 is 1.23 bits per heavy atom. The first-order valence-corrected chi connectivity index (χ1v) is 13.4. The van der Waals surface area contributed by atoms with Gasteiger partial charge in [-0.1, -0.05) is 24.3 Å². The lowest BCUT2D eigenvalue weighted by Gasteiger charge is -2.32. The van der Waals surface area contributed by atoms with E-state index in [0.717, 1.165) is 36.6 Å². The largest absolute Gasteiger partial charge is 0.295 e. The van der Waals surface area contributed by atoms with E-state index in [-0.39, 0.29) is 23.2 Å². The predicted molar refractivity (Wildman–Crippen MR) is 140 cm³/mol. The molecule has 2 aromatic heterocycles. The van der Waals surface area contributed by atoms with E-state index in [1.807, 2.05) is 0 Å². The lowest BCUT2D eigenvalue weighted by atomic mass is 9.99. The molecule has 1 saturated heterocycles. The van der Waals surface area contributed by atoms with Crippen LogP contribution in [0.3, 0.4) is 0 Å². The van der Waals surface area contributed by atoms with Crippen molar-refractivity contribution in [1.82, 2.24) is 25.1 Å². The quantitative estimate of drug-likeness (QED) is 0.415. The normalized spacial score (nSPS) is 23.4. The molecule has 35 heavy (non-hydrogen) atoms.